The van der Waals surface area contributed by atoms with E-state index >= 15 is 0 Å². The molecule has 0 atom stereocenters. The molecule has 0 aliphatic heterocycles. The lowest BCUT2D eigenvalue weighted by molar-refractivity contribution is 0.0695. The van der Waals surface area contributed by atoms with E-state index in [9.17, 15) is 9.90 Å². The Bertz CT molecular complexity index is 920. The Morgan fingerprint density at radius 2 is 1.67 bits per heavy atom. The lowest BCUT2D eigenvalue weighted by atomic mass is 10.0. The van der Waals surface area contributed by atoms with Crippen molar-refractivity contribution in [3.63, 3.8) is 0 Å². The Balaban J connectivity index is 1.95. The van der Waals surface area contributed by atoms with Gasteiger partial charge < -0.3 is 9.84 Å². The SMILES string of the molecule is CC(C)Oc1ccccc1-c1ccc(C(=O)O)c(CCc2ccccc2)n1. The van der Waals surface area contributed by atoms with Crippen molar-refractivity contribution in [3.8, 4) is 17.0 Å². The number of aromatic carboxylic acids is 1. The maximum absolute atomic E-state index is 11.6. The molecule has 0 bridgehead atoms. The molecule has 0 radical (unpaired) electrons. The highest BCUT2D eigenvalue weighted by molar-refractivity contribution is 5.89. The van der Waals surface area contributed by atoms with E-state index in [0.29, 0.717) is 12.1 Å². The van der Waals surface area contributed by atoms with Gasteiger partial charge in [-0.2, -0.15) is 0 Å². The van der Waals surface area contributed by atoms with Gasteiger partial charge in [0.2, 0.25) is 0 Å². The smallest absolute Gasteiger partial charge is 0.337 e. The van der Waals surface area contributed by atoms with Gasteiger partial charge in [-0.1, -0.05) is 42.5 Å². The summed E-state index contributed by atoms with van der Waals surface area (Å²) in [6.45, 7) is 3.95. The largest absolute Gasteiger partial charge is 0.490 e. The van der Waals surface area contributed by atoms with E-state index in [1.54, 1.807) is 12.1 Å². The summed E-state index contributed by atoms with van der Waals surface area (Å²) in [6.07, 6.45) is 1.34. The van der Waals surface area contributed by atoms with E-state index in [-0.39, 0.29) is 11.7 Å². The molecule has 1 N–H and O–H groups in total. The minimum Gasteiger partial charge on any atom is -0.490 e. The third-order valence-electron chi connectivity index (χ3n) is 4.22. The molecule has 0 spiro atoms. The van der Waals surface area contributed by atoms with Crippen LogP contribution in [0.25, 0.3) is 11.3 Å². The summed E-state index contributed by atoms with van der Waals surface area (Å²) >= 11 is 0. The molecule has 0 aliphatic carbocycles. The minimum absolute atomic E-state index is 0.0435. The maximum atomic E-state index is 11.6. The van der Waals surface area contributed by atoms with Crippen molar-refractivity contribution in [1.29, 1.82) is 0 Å². The van der Waals surface area contributed by atoms with Crippen molar-refractivity contribution in [1.82, 2.24) is 4.98 Å². The normalized spacial score (nSPS) is 10.8. The summed E-state index contributed by atoms with van der Waals surface area (Å²) < 4.78 is 5.89. The highest BCUT2D eigenvalue weighted by Gasteiger charge is 2.15. The number of ether oxygens (including phenoxy) is 1. The molecule has 0 aliphatic rings. The molecule has 0 saturated carbocycles. The van der Waals surface area contributed by atoms with E-state index in [0.717, 1.165) is 29.0 Å². The molecular weight excluding hydrogens is 338 g/mol. The molecule has 0 amide bonds. The first kappa shape index (κ1) is 18.6. The molecule has 138 valence electrons. The predicted molar refractivity (Wildman–Crippen MR) is 106 cm³/mol. The summed E-state index contributed by atoms with van der Waals surface area (Å²) in [5.74, 6) is -0.207. The molecule has 0 saturated heterocycles. The van der Waals surface area contributed by atoms with Gasteiger partial charge in [-0.05, 0) is 56.5 Å². The van der Waals surface area contributed by atoms with Gasteiger partial charge in [0, 0.05) is 5.56 Å². The van der Waals surface area contributed by atoms with Crippen LogP contribution in [0.4, 0.5) is 0 Å². The van der Waals surface area contributed by atoms with E-state index in [2.05, 4.69) is 4.98 Å². The number of aryl methyl sites for hydroxylation is 2. The number of pyridine rings is 1. The molecule has 4 nitrogen and oxygen atoms in total. The molecule has 0 fully saturated rings. The second-order valence-electron chi connectivity index (χ2n) is 6.64. The number of carboxylic acids is 1. The number of aromatic nitrogens is 1. The van der Waals surface area contributed by atoms with Crippen LogP contribution in [0.5, 0.6) is 5.75 Å². The minimum atomic E-state index is -0.955. The van der Waals surface area contributed by atoms with Gasteiger partial charge in [-0.25, -0.2) is 4.79 Å². The quantitative estimate of drug-likeness (QED) is 0.642. The molecule has 27 heavy (non-hydrogen) atoms. The zero-order valence-electron chi connectivity index (χ0n) is 15.6. The van der Waals surface area contributed by atoms with Crippen molar-refractivity contribution >= 4 is 5.97 Å². The first-order valence-electron chi connectivity index (χ1n) is 9.08. The molecule has 1 aromatic heterocycles. The number of nitrogens with zero attached hydrogens (tertiary/aromatic N) is 1. The number of rotatable bonds is 7. The fourth-order valence-corrected chi connectivity index (χ4v) is 2.98. The van der Waals surface area contributed by atoms with Gasteiger partial charge in [0.05, 0.1) is 23.1 Å². The van der Waals surface area contributed by atoms with Crippen LogP contribution in [-0.2, 0) is 12.8 Å². The molecule has 3 aromatic rings. The van der Waals surface area contributed by atoms with Gasteiger partial charge in [0.25, 0.3) is 0 Å². The van der Waals surface area contributed by atoms with E-state index < -0.39 is 5.97 Å². The van der Waals surface area contributed by atoms with Crippen LogP contribution in [0.2, 0.25) is 0 Å². The average molecular weight is 361 g/mol. The highest BCUT2D eigenvalue weighted by atomic mass is 16.5. The van der Waals surface area contributed by atoms with Crippen molar-refractivity contribution in [2.45, 2.75) is 32.8 Å². The van der Waals surface area contributed by atoms with Gasteiger partial charge >= 0.3 is 5.97 Å². The number of benzene rings is 2. The van der Waals surface area contributed by atoms with Crippen molar-refractivity contribution in [2.24, 2.45) is 0 Å². The summed E-state index contributed by atoms with van der Waals surface area (Å²) in [5, 5.41) is 9.53. The zero-order chi connectivity index (χ0) is 19.2. The summed E-state index contributed by atoms with van der Waals surface area (Å²) in [7, 11) is 0. The lowest BCUT2D eigenvalue weighted by Crippen LogP contribution is -2.09. The summed E-state index contributed by atoms with van der Waals surface area (Å²) in [5.41, 5.74) is 3.58. The second-order valence-corrected chi connectivity index (χ2v) is 6.64. The van der Waals surface area contributed by atoms with Crippen LogP contribution < -0.4 is 4.74 Å². The summed E-state index contributed by atoms with van der Waals surface area (Å²) in [6, 6.07) is 21.1. The fraction of sp³-hybridized carbons (Fsp3) is 0.217. The molecule has 3 rings (SSSR count). The number of hydrogen-bond acceptors (Lipinski definition) is 3. The monoisotopic (exact) mass is 361 g/mol. The van der Waals surface area contributed by atoms with Gasteiger partial charge in [-0.15, -0.1) is 0 Å². The Morgan fingerprint density at radius 3 is 2.37 bits per heavy atom. The number of carboxylic acid groups (broad SMARTS) is 1. The maximum Gasteiger partial charge on any atom is 0.337 e. The van der Waals surface area contributed by atoms with Crippen LogP contribution in [0.3, 0.4) is 0 Å². The third-order valence-corrected chi connectivity index (χ3v) is 4.22. The fourth-order valence-electron chi connectivity index (χ4n) is 2.98. The van der Waals surface area contributed by atoms with Crippen molar-refractivity contribution < 1.29 is 14.6 Å². The Kier molecular flexibility index (Phi) is 5.87. The third kappa shape index (κ3) is 4.73. The molecular formula is C23H23NO3. The number of para-hydroxylation sites is 1. The molecule has 0 unspecified atom stereocenters. The molecule has 4 heteroatoms. The Labute approximate surface area is 159 Å². The van der Waals surface area contributed by atoms with E-state index in [1.165, 1.54) is 0 Å². The van der Waals surface area contributed by atoms with Crippen LogP contribution in [0, 0.1) is 0 Å². The van der Waals surface area contributed by atoms with E-state index in [4.69, 9.17) is 4.74 Å². The molecule has 1 heterocycles. The van der Waals surface area contributed by atoms with Crippen LogP contribution >= 0.6 is 0 Å². The first-order valence-corrected chi connectivity index (χ1v) is 9.08. The Morgan fingerprint density at radius 1 is 0.963 bits per heavy atom. The standard InChI is InChI=1S/C23H23NO3/c1-16(2)27-22-11-7-6-10-18(22)20-15-13-19(23(25)26)21(24-20)14-12-17-8-4-3-5-9-17/h3-11,13,15-16H,12,14H2,1-2H3,(H,25,26). The van der Waals surface area contributed by atoms with Gasteiger partial charge in [-0.3, -0.25) is 4.98 Å². The number of hydrogen-bond donors (Lipinski definition) is 1. The molecule has 2 aromatic carbocycles. The van der Waals surface area contributed by atoms with Crippen molar-refractivity contribution in [2.75, 3.05) is 0 Å². The summed E-state index contributed by atoms with van der Waals surface area (Å²) in [4.78, 5) is 16.3. The first-order chi connectivity index (χ1) is 13.0. The predicted octanol–water partition coefficient (Wildman–Crippen LogP) is 5.02. The van der Waals surface area contributed by atoms with Crippen LogP contribution in [0.1, 0.15) is 35.5 Å². The van der Waals surface area contributed by atoms with Crippen molar-refractivity contribution in [3.05, 3.63) is 83.6 Å². The van der Waals surface area contributed by atoms with E-state index in [1.807, 2.05) is 68.4 Å². The van der Waals surface area contributed by atoms with Crippen LogP contribution in [0.15, 0.2) is 66.7 Å². The lowest BCUT2D eigenvalue weighted by Gasteiger charge is -2.15. The highest BCUT2D eigenvalue weighted by Crippen LogP contribution is 2.30. The van der Waals surface area contributed by atoms with Gasteiger partial charge in [0.1, 0.15) is 5.75 Å². The van der Waals surface area contributed by atoms with Gasteiger partial charge in [0.15, 0.2) is 0 Å². The van der Waals surface area contributed by atoms with Crippen LogP contribution in [-0.4, -0.2) is 22.2 Å². The number of carbonyl (C=O) groups is 1. The topological polar surface area (TPSA) is 59.4 Å². The second kappa shape index (κ2) is 8.49. The average Bonchev–Trinajstić information content (AvgIpc) is 2.67. The Hall–Kier alpha value is -3.14. The zero-order valence-corrected chi connectivity index (χ0v) is 15.6.